The molecule has 0 radical (unpaired) electrons. The standard InChI is InChI=1S/C4H4F6O/c5-1-11-4(9,10)2(6)3(7)8/h2-3H,1H2. The lowest BCUT2D eigenvalue weighted by atomic mass is 10.4. The normalized spacial score (nSPS) is 15.5. The molecule has 7 heteroatoms. The summed E-state index contributed by atoms with van der Waals surface area (Å²) in [5, 5.41) is 0. The van der Waals surface area contributed by atoms with E-state index in [4.69, 9.17) is 0 Å². The first-order valence-corrected chi connectivity index (χ1v) is 2.41. The van der Waals surface area contributed by atoms with E-state index in [9.17, 15) is 26.3 Å². The molecule has 0 rings (SSSR count). The van der Waals surface area contributed by atoms with Crippen LogP contribution in [-0.2, 0) is 4.74 Å². The Bertz CT molecular complexity index is 115. The van der Waals surface area contributed by atoms with Crippen molar-refractivity contribution in [1.82, 2.24) is 0 Å². The summed E-state index contributed by atoms with van der Waals surface area (Å²) in [5.74, 6) is 0. The molecule has 0 bridgehead atoms. The first-order valence-electron chi connectivity index (χ1n) is 2.41. The van der Waals surface area contributed by atoms with E-state index in [2.05, 4.69) is 4.74 Å². The van der Waals surface area contributed by atoms with Crippen LogP contribution in [-0.4, -0.2) is 25.6 Å². The molecule has 0 aromatic carbocycles. The van der Waals surface area contributed by atoms with Crippen LogP contribution >= 0.6 is 0 Å². The van der Waals surface area contributed by atoms with Gasteiger partial charge in [-0.2, -0.15) is 8.78 Å². The van der Waals surface area contributed by atoms with Crippen LogP contribution in [0.25, 0.3) is 0 Å². The van der Waals surface area contributed by atoms with Gasteiger partial charge in [0.1, 0.15) is 0 Å². The zero-order chi connectivity index (χ0) is 9.07. The van der Waals surface area contributed by atoms with Gasteiger partial charge in [-0.3, -0.25) is 4.74 Å². The van der Waals surface area contributed by atoms with E-state index >= 15 is 0 Å². The largest absolute Gasteiger partial charge is 0.394 e. The first-order chi connectivity index (χ1) is 4.91. The van der Waals surface area contributed by atoms with E-state index in [-0.39, 0.29) is 0 Å². The number of rotatable bonds is 4. The van der Waals surface area contributed by atoms with Gasteiger partial charge in [0.15, 0.2) is 6.86 Å². The third-order valence-electron chi connectivity index (χ3n) is 0.789. The molecule has 0 aliphatic heterocycles. The summed E-state index contributed by atoms with van der Waals surface area (Å²) in [6, 6.07) is 0. The predicted octanol–water partition coefficient (Wildman–Crippen LogP) is 2.13. The SMILES string of the molecule is FCOC(F)(F)C(F)C(F)F. The fraction of sp³-hybridized carbons (Fsp3) is 1.00. The Morgan fingerprint density at radius 3 is 1.91 bits per heavy atom. The van der Waals surface area contributed by atoms with E-state index in [0.29, 0.717) is 0 Å². The molecule has 0 amide bonds. The van der Waals surface area contributed by atoms with E-state index in [1.807, 2.05) is 0 Å². The second-order valence-corrected chi connectivity index (χ2v) is 1.55. The van der Waals surface area contributed by atoms with Gasteiger partial charge in [0, 0.05) is 0 Å². The molecule has 0 aromatic heterocycles. The van der Waals surface area contributed by atoms with Gasteiger partial charge in [-0.15, -0.1) is 0 Å². The second kappa shape index (κ2) is 3.80. The molecule has 0 aliphatic rings. The number of ether oxygens (including phenoxy) is 1. The van der Waals surface area contributed by atoms with Gasteiger partial charge in [-0.1, -0.05) is 0 Å². The molecule has 11 heavy (non-hydrogen) atoms. The summed E-state index contributed by atoms with van der Waals surface area (Å²) >= 11 is 0. The van der Waals surface area contributed by atoms with Crippen LogP contribution in [0.5, 0.6) is 0 Å². The zero-order valence-electron chi connectivity index (χ0n) is 5.04. The van der Waals surface area contributed by atoms with Gasteiger partial charge in [-0.25, -0.2) is 17.6 Å². The second-order valence-electron chi connectivity index (χ2n) is 1.55. The Kier molecular flexibility index (Phi) is 3.64. The van der Waals surface area contributed by atoms with E-state index < -0.39 is 25.6 Å². The molecule has 0 saturated heterocycles. The third kappa shape index (κ3) is 2.96. The summed E-state index contributed by atoms with van der Waals surface area (Å²) in [4.78, 5) is 0. The van der Waals surface area contributed by atoms with Crippen LogP contribution in [0.15, 0.2) is 0 Å². The van der Waals surface area contributed by atoms with Crippen molar-refractivity contribution in [3.8, 4) is 0 Å². The van der Waals surface area contributed by atoms with Gasteiger partial charge in [0.25, 0.3) is 12.6 Å². The van der Waals surface area contributed by atoms with Crippen molar-refractivity contribution >= 4 is 0 Å². The highest BCUT2D eigenvalue weighted by molar-refractivity contribution is 4.68. The quantitative estimate of drug-likeness (QED) is 0.605. The van der Waals surface area contributed by atoms with Crippen LogP contribution in [0.4, 0.5) is 26.3 Å². The molecule has 0 saturated carbocycles. The Balaban J connectivity index is 4.05. The van der Waals surface area contributed by atoms with E-state index in [1.54, 1.807) is 0 Å². The van der Waals surface area contributed by atoms with Gasteiger partial charge >= 0.3 is 6.11 Å². The van der Waals surface area contributed by atoms with Crippen molar-refractivity contribution in [2.75, 3.05) is 6.86 Å². The fourth-order valence-electron chi connectivity index (χ4n) is 0.299. The molecule has 68 valence electrons. The topological polar surface area (TPSA) is 9.23 Å². The highest BCUT2D eigenvalue weighted by Crippen LogP contribution is 2.27. The minimum Gasteiger partial charge on any atom is -0.286 e. The van der Waals surface area contributed by atoms with Crippen molar-refractivity contribution < 1.29 is 31.1 Å². The number of alkyl halides is 6. The monoisotopic (exact) mass is 182 g/mol. The minimum absolute atomic E-state index is 2.01. The Morgan fingerprint density at radius 1 is 1.18 bits per heavy atom. The summed E-state index contributed by atoms with van der Waals surface area (Å²) in [7, 11) is 0. The van der Waals surface area contributed by atoms with E-state index in [1.165, 1.54) is 0 Å². The van der Waals surface area contributed by atoms with Crippen molar-refractivity contribution in [2.24, 2.45) is 0 Å². The average molecular weight is 182 g/mol. The maximum atomic E-state index is 11.8. The number of hydrogen-bond donors (Lipinski definition) is 0. The van der Waals surface area contributed by atoms with Gasteiger partial charge < -0.3 is 0 Å². The molecule has 0 fully saturated rings. The Hall–Kier alpha value is -0.460. The molecule has 0 heterocycles. The van der Waals surface area contributed by atoms with Crippen molar-refractivity contribution in [1.29, 1.82) is 0 Å². The van der Waals surface area contributed by atoms with Gasteiger partial charge in [0.2, 0.25) is 0 Å². The highest BCUT2D eigenvalue weighted by Gasteiger charge is 2.47. The van der Waals surface area contributed by atoms with Crippen molar-refractivity contribution in [3.63, 3.8) is 0 Å². The number of halogens is 6. The van der Waals surface area contributed by atoms with Crippen molar-refractivity contribution in [2.45, 2.75) is 18.7 Å². The molecule has 0 N–H and O–H groups in total. The lowest BCUT2D eigenvalue weighted by molar-refractivity contribution is -0.303. The van der Waals surface area contributed by atoms with Crippen LogP contribution in [0.2, 0.25) is 0 Å². The molecule has 0 aromatic rings. The van der Waals surface area contributed by atoms with E-state index in [0.717, 1.165) is 0 Å². The Morgan fingerprint density at radius 2 is 1.64 bits per heavy atom. The summed E-state index contributed by atoms with van der Waals surface area (Å²) in [5.41, 5.74) is 0. The number of hydrogen-bond acceptors (Lipinski definition) is 1. The molecular weight excluding hydrogens is 178 g/mol. The molecular formula is C4H4F6O. The lowest BCUT2D eigenvalue weighted by Crippen LogP contribution is -2.38. The van der Waals surface area contributed by atoms with Gasteiger partial charge in [0.05, 0.1) is 0 Å². The van der Waals surface area contributed by atoms with Crippen LogP contribution in [0, 0.1) is 0 Å². The van der Waals surface area contributed by atoms with Crippen molar-refractivity contribution in [3.05, 3.63) is 0 Å². The molecule has 0 spiro atoms. The molecule has 0 aliphatic carbocycles. The lowest BCUT2D eigenvalue weighted by Gasteiger charge is -2.17. The summed E-state index contributed by atoms with van der Waals surface area (Å²) < 4.78 is 71.4. The van der Waals surface area contributed by atoms with Crippen LogP contribution in [0.3, 0.4) is 0 Å². The fourth-order valence-corrected chi connectivity index (χ4v) is 0.299. The van der Waals surface area contributed by atoms with Crippen LogP contribution < -0.4 is 0 Å². The van der Waals surface area contributed by atoms with Crippen LogP contribution in [0.1, 0.15) is 0 Å². The summed E-state index contributed by atoms with van der Waals surface area (Å²) in [6.07, 6.45) is -12.4. The third-order valence-corrected chi connectivity index (χ3v) is 0.789. The molecule has 1 unspecified atom stereocenters. The zero-order valence-corrected chi connectivity index (χ0v) is 5.04. The first kappa shape index (κ1) is 10.5. The Labute approximate surface area is 57.9 Å². The maximum absolute atomic E-state index is 11.8. The average Bonchev–Trinajstić information content (AvgIpc) is 1.86. The molecule has 1 atom stereocenters. The smallest absolute Gasteiger partial charge is 0.286 e. The van der Waals surface area contributed by atoms with Gasteiger partial charge in [-0.05, 0) is 0 Å². The molecule has 1 nitrogen and oxygen atoms in total. The minimum atomic E-state index is -4.76. The highest BCUT2D eigenvalue weighted by atomic mass is 19.3. The maximum Gasteiger partial charge on any atom is 0.394 e. The summed E-state index contributed by atoms with van der Waals surface area (Å²) in [6.45, 7) is -2.01. The predicted molar refractivity (Wildman–Crippen MR) is 22.9 cm³/mol.